The first-order valence-corrected chi connectivity index (χ1v) is 7.91. The monoisotopic (exact) mass is 308 g/mol. The van der Waals surface area contributed by atoms with Gasteiger partial charge in [0.2, 0.25) is 10.0 Å². The molecule has 2 aromatic carbocycles. The van der Waals surface area contributed by atoms with Gasteiger partial charge in [0.1, 0.15) is 5.82 Å². The molecule has 0 saturated carbocycles. The number of sulfonamides is 1. The van der Waals surface area contributed by atoms with E-state index >= 15 is 0 Å². The Morgan fingerprint density at radius 1 is 1.19 bits per heavy atom. The van der Waals surface area contributed by atoms with Crippen molar-refractivity contribution in [2.75, 3.05) is 5.73 Å². The number of hydrogen-bond donors (Lipinski definition) is 2. The fourth-order valence-corrected chi connectivity index (χ4v) is 3.45. The van der Waals surface area contributed by atoms with Crippen molar-refractivity contribution in [3.8, 4) is 0 Å². The van der Waals surface area contributed by atoms with Crippen LogP contribution in [0.15, 0.2) is 47.4 Å². The summed E-state index contributed by atoms with van der Waals surface area (Å²) in [7, 11) is -3.72. The maximum atomic E-state index is 13.2. The summed E-state index contributed by atoms with van der Waals surface area (Å²) in [6.07, 6.45) is 0. The predicted molar refractivity (Wildman–Crippen MR) is 80.7 cm³/mol. The lowest BCUT2D eigenvalue weighted by Crippen LogP contribution is -2.27. The molecule has 2 aromatic rings. The number of hydrogen-bond acceptors (Lipinski definition) is 3. The Bertz CT molecular complexity index is 740. The van der Waals surface area contributed by atoms with Crippen LogP contribution in [-0.2, 0) is 10.0 Å². The fraction of sp³-hybridized carbons (Fsp3) is 0.200. The van der Waals surface area contributed by atoms with Gasteiger partial charge < -0.3 is 5.73 Å². The molecular formula is C15H17FN2O2S. The van der Waals surface area contributed by atoms with E-state index in [2.05, 4.69) is 4.72 Å². The molecule has 2 rings (SSSR count). The Kier molecular flexibility index (Phi) is 4.29. The molecule has 1 atom stereocenters. The van der Waals surface area contributed by atoms with Gasteiger partial charge in [0.15, 0.2) is 0 Å². The highest BCUT2D eigenvalue weighted by molar-refractivity contribution is 7.89. The van der Waals surface area contributed by atoms with Crippen molar-refractivity contribution in [2.24, 2.45) is 0 Å². The number of aryl methyl sites for hydroxylation is 1. The third-order valence-corrected chi connectivity index (χ3v) is 4.58. The molecule has 0 aromatic heterocycles. The SMILES string of the molecule is Cc1cc(N)cc(S(=O)(=O)NC(C)c2cccc(F)c2)c1. The van der Waals surface area contributed by atoms with Crippen LogP contribution in [-0.4, -0.2) is 8.42 Å². The molecule has 0 radical (unpaired) electrons. The molecule has 4 nitrogen and oxygen atoms in total. The number of nitrogens with two attached hydrogens (primary N) is 1. The average Bonchev–Trinajstić information content (AvgIpc) is 2.37. The zero-order valence-corrected chi connectivity index (χ0v) is 12.6. The minimum Gasteiger partial charge on any atom is -0.399 e. The van der Waals surface area contributed by atoms with Crippen LogP contribution in [0.25, 0.3) is 0 Å². The Labute approximate surface area is 123 Å². The molecule has 0 aliphatic rings. The first-order valence-electron chi connectivity index (χ1n) is 6.43. The van der Waals surface area contributed by atoms with Crippen molar-refractivity contribution in [3.63, 3.8) is 0 Å². The molecule has 0 aliphatic carbocycles. The van der Waals surface area contributed by atoms with E-state index in [9.17, 15) is 12.8 Å². The van der Waals surface area contributed by atoms with Crippen molar-refractivity contribution in [1.82, 2.24) is 4.72 Å². The number of nitrogens with one attached hydrogen (secondary N) is 1. The lowest BCUT2D eigenvalue weighted by Gasteiger charge is -2.15. The van der Waals surface area contributed by atoms with Crippen LogP contribution < -0.4 is 10.5 Å². The second kappa shape index (κ2) is 5.83. The van der Waals surface area contributed by atoms with Crippen molar-refractivity contribution < 1.29 is 12.8 Å². The van der Waals surface area contributed by atoms with E-state index in [1.165, 1.54) is 24.3 Å². The van der Waals surface area contributed by atoms with Crippen molar-refractivity contribution in [1.29, 1.82) is 0 Å². The van der Waals surface area contributed by atoms with Crippen LogP contribution in [0.4, 0.5) is 10.1 Å². The fourth-order valence-electron chi connectivity index (χ4n) is 2.08. The number of rotatable bonds is 4. The minimum absolute atomic E-state index is 0.100. The highest BCUT2D eigenvalue weighted by Crippen LogP contribution is 2.20. The predicted octanol–water partition coefficient (Wildman–Crippen LogP) is 2.76. The summed E-state index contributed by atoms with van der Waals surface area (Å²) in [4.78, 5) is 0.100. The topological polar surface area (TPSA) is 72.2 Å². The van der Waals surface area contributed by atoms with Crippen LogP contribution >= 0.6 is 0 Å². The average molecular weight is 308 g/mol. The van der Waals surface area contributed by atoms with Crippen LogP contribution in [0.1, 0.15) is 24.1 Å². The molecule has 6 heteroatoms. The third kappa shape index (κ3) is 3.80. The van der Waals surface area contributed by atoms with Gasteiger partial charge in [-0.3, -0.25) is 0 Å². The van der Waals surface area contributed by atoms with Crippen LogP contribution in [0.2, 0.25) is 0 Å². The summed E-state index contributed by atoms with van der Waals surface area (Å²) < 4.78 is 40.4. The molecule has 21 heavy (non-hydrogen) atoms. The zero-order valence-electron chi connectivity index (χ0n) is 11.8. The van der Waals surface area contributed by atoms with Gasteiger partial charge in [-0.25, -0.2) is 17.5 Å². The Morgan fingerprint density at radius 3 is 2.52 bits per heavy atom. The highest BCUT2D eigenvalue weighted by atomic mass is 32.2. The maximum absolute atomic E-state index is 13.2. The zero-order chi connectivity index (χ0) is 15.6. The Hall–Kier alpha value is -1.92. The van der Waals surface area contributed by atoms with E-state index in [0.29, 0.717) is 11.3 Å². The van der Waals surface area contributed by atoms with Gasteiger partial charge in [-0.2, -0.15) is 0 Å². The molecule has 0 saturated heterocycles. The van der Waals surface area contributed by atoms with E-state index in [0.717, 1.165) is 5.56 Å². The molecule has 112 valence electrons. The molecule has 0 spiro atoms. The van der Waals surface area contributed by atoms with Gasteiger partial charge in [0.25, 0.3) is 0 Å². The van der Waals surface area contributed by atoms with E-state index in [4.69, 9.17) is 5.73 Å². The lowest BCUT2D eigenvalue weighted by molar-refractivity contribution is 0.564. The summed E-state index contributed by atoms with van der Waals surface area (Å²) in [5.74, 6) is -0.404. The van der Waals surface area contributed by atoms with Gasteiger partial charge in [0, 0.05) is 11.7 Å². The van der Waals surface area contributed by atoms with Gasteiger partial charge in [-0.05, 0) is 55.3 Å². The molecular weight excluding hydrogens is 291 g/mol. The van der Waals surface area contributed by atoms with E-state index in [-0.39, 0.29) is 4.90 Å². The smallest absolute Gasteiger partial charge is 0.241 e. The molecule has 0 bridgehead atoms. The van der Waals surface area contributed by atoms with E-state index in [1.807, 2.05) is 0 Å². The standard InChI is InChI=1S/C15H17FN2O2S/c1-10-6-14(17)9-15(7-10)21(19,20)18-11(2)12-4-3-5-13(16)8-12/h3-9,11,18H,17H2,1-2H3. The largest absolute Gasteiger partial charge is 0.399 e. The number of benzene rings is 2. The van der Waals surface area contributed by atoms with Gasteiger partial charge in [-0.15, -0.1) is 0 Å². The minimum atomic E-state index is -3.72. The number of halogens is 1. The summed E-state index contributed by atoms with van der Waals surface area (Å²) >= 11 is 0. The second-order valence-electron chi connectivity index (χ2n) is 4.98. The highest BCUT2D eigenvalue weighted by Gasteiger charge is 2.19. The molecule has 0 amide bonds. The van der Waals surface area contributed by atoms with Crippen LogP contribution in [0.5, 0.6) is 0 Å². The second-order valence-corrected chi connectivity index (χ2v) is 6.69. The first-order chi connectivity index (χ1) is 9.78. The van der Waals surface area contributed by atoms with Crippen molar-refractivity contribution >= 4 is 15.7 Å². The normalized spacial score (nSPS) is 13.1. The van der Waals surface area contributed by atoms with Gasteiger partial charge in [-0.1, -0.05) is 12.1 Å². The molecule has 0 heterocycles. The molecule has 0 aliphatic heterocycles. The molecule has 1 unspecified atom stereocenters. The molecule has 3 N–H and O–H groups in total. The Balaban J connectivity index is 2.28. The maximum Gasteiger partial charge on any atom is 0.241 e. The summed E-state index contributed by atoms with van der Waals surface area (Å²) in [6, 6.07) is 9.90. The Morgan fingerprint density at radius 2 is 1.90 bits per heavy atom. The molecule has 0 fully saturated rings. The van der Waals surface area contributed by atoms with Gasteiger partial charge >= 0.3 is 0 Å². The quantitative estimate of drug-likeness (QED) is 0.853. The summed E-state index contributed by atoms with van der Waals surface area (Å²) in [5.41, 5.74) is 7.37. The summed E-state index contributed by atoms with van der Waals surface area (Å²) in [6.45, 7) is 3.43. The van der Waals surface area contributed by atoms with Crippen molar-refractivity contribution in [2.45, 2.75) is 24.8 Å². The summed E-state index contributed by atoms with van der Waals surface area (Å²) in [5, 5.41) is 0. The number of anilines is 1. The van der Waals surface area contributed by atoms with Crippen LogP contribution in [0.3, 0.4) is 0 Å². The lowest BCUT2D eigenvalue weighted by atomic mass is 10.1. The van der Waals surface area contributed by atoms with E-state index in [1.54, 1.807) is 32.0 Å². The van der Waals surface area contributed by atoms with Gasteiger partial charge in [0.05, 0.1) is 4.90 Å². The number of nitrogen functional groups attached to an aromatic ring is 1. The van der Waals surface area contributed by atoms with E-state index < -0.39 is 21.9 Å². The van der Waals surface area contributed by atoms with Crippen LogP contribution in [0, 0.1) is 12.7 Å². The third-order valence-electron chi connectivity index (χ3n) is 3.06. The van der Waals surface area contributed by atoms with Crippen molar-refractivity contribution in [3.05, 3.63) is 59.4 Å². The first kappa shape index (κ1) is 15.5.